The Labute approximate surface area is 164 Å². The van der Waals surface area contributed by atoms with Crippen LogP contribution in [0.25, 0.3) is 6.08 Å². The van der Waals surface area contributed by atoms with E-state index in [9.17, 15) is 13.2 Å². The fourth-order valence-corrected chi connectivity index (χ4v) is 4.46. The monoisotopic (exact) mass is 386 g/mol. The lowest BCUT2D eigenvalue weighted by Crippen LogP contribution is -2.41. The van der Waals surface area contributed by atoms with Gasteiger partial charge in [-0.3, -0.25) is 0 Å². The number of nitrogens with zero attached hydrogens (tertiary/aromatic N) is 1. The summed E-state index contributed by atoms with van der Waals surface area (Å²) in [4.78, 5) is 2.43. The van der Waals surface area contributed by atoms with Gasteiger partial charge in [0.25, 0.3) is 0 Å². The molecular formula is C23H25F3N2. The van der Waals surface area contributed by atoms with Gasteiger partial charge in [-0.1, -0.05) is 48.6 Å². The minimum Gasteiger partial charge on any atom is -0.385 e. The number of para-hydroxylation sites is 1. The van der Waals surface area contributed by atoms with Gasteiger partial charge in [-0.05, 0) is 62.2 Å². The van der Waals surface area contributed by atoms with Crippen molar-refractivity contribution in [3.05, 3.63) is 71.3 Å². The fourth-order valence-electron chi connectivity index (χ4n) is 4.46. The van der Waals surface area contributed by atoms with Crippen molar-refractivity contribution < 1.29 is 13.2 Å². The van der Waals surface area contributed by atoms with Gasteiger partial charge in [-0.2, -0.15) is 13.2 Å². The zero-order valence-corrected chi connectivity index (χ0v) is 15.8. The van der Waals surface area contributed by atoms with Crippen LogP contribution in [0.3, 0.4) is 0 Å². The van der Waals surface area contributed by atoms with E-state index in [-0.39, 0.29) is 11.1 Å². The molecule has 0 bridgehead atoms. The van der Waals surface area contributed by atoms with Crippen molar-refractivity contribution in [3.8, 4) is 0 Å². The number of hydrogen-bond donors (Lipinski definition) is 1. The second-order valence-corrected chi connectivity index (χ2v) is 7.74. The highest BCUT2D eigenvalue weighted by Crippen LogP contribution is 2.43. The summed E-state index contributed by atoms with van der Waals surface area (Å²) >= 11 is 0. The number of alkyl halides is 3. The third-order valence-electron chi connectivity index (χ3n) is 6.03. The minimum absolute atomic E-state index is 0.167. The van der Waals surface area contributed by atoms with Crippen LogP contribution >= 0.6 is 0 Å². The summed E-state index contributed by atoms with van der Waals surface area (Å²) in [7, 11) is 0. The number of allylic oxidation sites excluding steroid dienone is 1. The molecular weight excluding hydrogens is 361 g/mol. The molecule has 5 heteroatoms. The smallest absolute Gasteiger partial charge is 0.385 e. The van der Waals surface area contributed by atoms with Crippen LogP contribution < -0.4 is 5.32 Å². The van der Waals surface area contributed by atoms with Gasteiger partial charge < -0.3 is 10.2 Å². The van der Waals surface area contributed by atoms with Crippen LogP contribution in [0.15, 0.2) is 54.6 Å². The third-order valence-corrected chi connectivity index (χ3v) is 6.03. The molecule has 2 aromatic rings. The van der Waals surface area contributed by atoms with Gasteiger partial charge >= 0.3 is 6.18 Å². The van der Waals surface area contributed by atoms with Crippen molar-refractivity contribution in [2.75, 3.05) is 31.5 Å². The van der Waals surface area contributed by atoms with E-state index < -0.39 is 11.7 Å². The molecule has 1 aliphatic carbocycles. The van der Waals surface area contributed by atoms with E-state index in [4.69, 9.17) is 0 Å². The largest absolute Gasteiger partial charge is 0.418 e. The van der Waals surface area contributed by atoms with Gasteiger partial charge in [0, 0.05) is 17.6 Å². The van der Waals surface area contributed by atoms with Crippen molar-refractivity contribution in [3.63, 3.8) is 0 Å². The topological polar surface area (TPSA) is 15.3 Å². The Morgan fingerprint density at radius 1 is 0.964 bits per heavy atom. The van der Waals surface area contributed by atoms with E-state index in [1.807, 2.05) is 0 Å². The Morgan fingerprint density at radius 2 is 1.68 bits per heavy atom. The summed E-state index contributed by atoms with van der Waals surface area (Å²) in [6.07, 6.45) is 3.31. The average Bonchev–Trinajstić information content (AvgIpc) is 3.05. The van der Waals surface area contributed by atoms with Gasteiger partial charge in [-0.25, -0.2) is 0 Å². The van der Waals surface area contributed by atoms with Gasteiger partial charge in [0.05, 0.1) is 5.56 Å². The van der Waals surface area contributed by atoms with Crippen molar-refractivity contribution in [2.45, 2.75) is 30.9 Å². The average molecular weight is 386 g/mol. The van der Waals surface area contributed by atoms with Crippen LogP contribution in [0.1, 0.15) is 36.0 Å². The van der Waals surface area contributed by atoms with Crippen molar-refractivity contribution in [2.24, 2.45) is 0 Å². The van der Waals surface area contributed by atoms with E-state index in [1.54, 1.807) is 6.07 Å². The van der Waals surface area contributed by atoms with E-state index >= 15 is 0 Å². The number of rotatable bonds is 5. The minimum atomic E-state index is -4.32. The fraction of sp³-hybridized carbons (Fsp3) is 0.391. The molecule has 0 atom stereocenters. The predicted molar refractivity (Wildman–Crippen MR) is 107 cm³/mol. The normalized spacial score (nSPS) is 18.4. The van der Waals surface area contributed by atoms with E-state index in [0.717, 1.165) is 45.0 Å². The second-order valence-electron chi connectivity index (χ2n) is 7.74. The maximum Gasteiger partial charge on any atom is 0.418 e. The van der Waals surface area contributed by atoms with Gasteiger partial charge in [-0.15, -0.1) is 0 Å². The molecule has 1 aliphatic heterocycles. The number of fused-ring (bicyclic) bond motifs is 2. The van der Waals surface area contributed by atoms with Crippen molar-refractivity contribution in [1.82, 2.24) is 4.90 Å². The Hall–Kier alpha value is -2.27. The molecule has 2 nitrogen and oxygen atoms in total. The summed E-state index contributed by atoms with van der Waals surface area (Å²) in [5.74, 6) is 0. The predicted octanol–water partition coefficient (Wildman–Crippen LogP) is 5.57. The molecule has 148 valence electrons. The molecule has 1 spiro atoms. The first kappa shape index (κ1) is 19.1. The molecule has 1 saturated heterocycles. The molecule has 2 aliphatic rings. The first-order valence-corrected chi connectivity index (χ1v) is 9.89. The number of halogens is 3. The molecule has 0 radical (unpaired) electrons. The van der Waals surface area contributed by atoms with Crippen LogP contribution in [0.5, 0.6) is 0 Å². The molecule has 28 heavy (non-hydrogen) atoms. The number of benzene rings is 2. The lowest BCUT2D eigenvalue weighted by atomic mass is 9.74. The van der Waals surface area contributed by atoms with Crippen LogP contribution in [0.2, 0.25) is 0 Å². The number of anilines is 1. The Morgan fingerprint density at radius 3 is 2.46 bits per heavy atom. The van der Waals surface area contributed by atoms with E-state index in [0.29, 0.717) is 6.54 Å². The summed E-state index contributed by atoms with van der Waals surface area (Å²) in [5.41, 5.74) is 2.53. The molecule has 2 aromatic carbocycles. The summed E-state index contributed by atoms with van der Waals surface area (Å²) in [6, 6.07) is 14.3. The van der Waals surface area contributed by atoms with Gasteiger partial charge in [0.15, 0.2) is 0 Å². The lowest BCUT2D eigenvalue weighted by Gasteiger charge is -2.39. The Balaban J connectivity index is 1.26. The summed E-state index contributed by atoms with van der Waals surface area (Å²) in [5, 5.41) is 2.96. The summed E-state index contributed by atoms with van der Waals surface area (Å²) < 4.78 is 39.1. The van der Waals surface area contributed by atoms with Crippen molar-refractivity contribution >= 4 is 11.8 Å². The Kier molecular flexibility index (Phi) is 5.19. The van der Waals surface area contributed by atoms with E-state index in [1.165, 1.54) is 23.3 Å². The van der Waals surface area contributed by atoms with Crippen LogP contribution in [-0.4, -0.2) is 31.1 Å². The molecule has 1 heterocycles. The van der Waals surface area contributed by atoms with Crippen LogP contribution in [0.4, 0.5) is 18.9 Å². The highest BCUT2D eigenvalue weighted by atomic mass is 19.4. The molecule has 1 fully saturated rings. The molecule has 0 amide bonds. The van der Waals surface area contributed by atoms with Gasteiger partial charge in [0.1, 0.15) is 0 Å². The highest BCUT2D eigenvalue weighted by Gasteiger charge is 2.37. The number of hydrogen-bond acceptors (Lipinski definition) is 2. The summed E-state index contributed by atoms with van der Waals surface area (Å²) in [6.45, 7) is 3.50. The number of nitrogens with one attached hydrogen (secondary N) is 1. The molecule has 0 aromatic heterocycles. The van der Waals surface area contributed by atoms with E-state index in [2.05, 4.69) is 46.6 Å². The molecule has 4 rings (SSSR count). The third kappa shape index (κ3) is 3.81. The first-order chi connectivity index (χ1) is 13.5. The number of piperidine rings is 1. The number of likely N-dealkylation sites (tertiary alicyclic amines) is 1. The quantitative estimate of drug-likeness (QED) is 0.676. The highest BCUT2D eigenvalue weighted by molar-refractivity contribution is 5.65. The Bertz CT molecular complexity index is 849. The van der Waals surface area contributed by atoms with Crippen LogP contribution in [-0.2, 0) is 11.6 Å². The maximum absolute atomic E-state index is 13.0. The standard InChI is InChI=1S/C23H25F3N2/c24-23(25,26)20-8-3-4-9-21(20)27-14-5-15-28-16-12-22(13-17-28)11-10-18-6-1-2-7-19(18)22/h1-4,6-11,27H,5,12-17H2. The van der Waals surface area contributed by atoms with Crippen LogP contribution in [0, 0.1) is 0 Å². The zero-order valence-electron chi connectivity index (χ0n) is 15.8. The SMILES string of the molecule is FC(F)(F)c1ccccc1NCCCN1CCC2(C=Cc3ccccc32)CC1. The lowest BCUT2D eigenvalue weighted by molar-refractivity contribution is -0.136. The maximum atomic E-state index is 13.0. The zero-order chi connectivity index (χ0) is 19.6. The molecule has 0 unspecified atom stereocenters. The van der Waals surface area contributed by atoms with Gasteiger partial charge in [0.2, 0.25) is 0 Å². The first-order valence-electron chi connectivity index (χ1n) is 9.89. The molecule has 1 N–H and O–H groups in total. The molecule has 0 saturated carbocycles. The second kappa shape index (κ2) is 7.63. The van der Waals surface area contributed by atoms with Crippen molar-refractivity contribution in [1.29, 1.82) is 0 Å².